The second-order valence-electron chi connectivity index (χ2n) is 5.27. The Hall–Kier alpha value is -0.340. The Morgan fingerprint density at radius 2 is 2.07 bits per heavy atom. The van der Waals surface area contributed by atoms with Crippen molar-refractivity contribution >= 4 is 0 Å². The molecule has 1 fully saturated rings. The maximum atomic E-state index is 3.96. The molecule has 88 valence electrons. The molecule has 0 aromatic heterocycles. The Bertz CT molecular complexity index is 209. The van der Waals surface area contributed by atoms with Crippen molar-refractivity contribution < 1.29 is 0 Å². The van der Waals surface area contributed by atoms with Crippen molar-refractivity contribution in [2.45, 2.75) is 45.7 Å². The van der Waals surface area contributed by atoms with Crippen LogP contribution in [0.15, 0.2) is 12.2 Å². The van der Waals surface area contributed by atoms with Crippen LogP contribution >= 0.6 is 0 Å². The fraction of sp³-hybridized carbons (Fsp3) is 0.846. The van der Waals surface area contributed by atoms with E-state index in [-0.39, 0.29) is 0 Å². The topological polar surface area (TPSA) is 15.3 Å². The molecular weight excluding hydrogens is 184 g/mol. The van der Waals surface area contributed by atoms with Gasteiger partial charge in [0.2, 0.25) is 0 Å². The van der Waals surface area contributed by atoms with Crippen LogP contribution in [0.25, 0.3) is 0 Å². The molecule has 0 amide bonds. The summed E-state index contributed by atoms with van der Waals surface area (Å²) in [6, 6.07) is 1.44. The first kappa shape index (κ1) is 12.7. The molecule has 1 rings (SSSR count). The molecule has 0 aliphatic heterocycles. The Labute approximate surface area is 94.7 Å². The van der Waals surface area contributed by atoms with E-state index < -0.39 is 0 Å². The Kier molecular flexibility index (Phi) is 4.81. The fourth-order valence-corrected chi connectivity index (χ4v) is 1.81. The van der Waals surface area contributed by atoms with E-state index in [4.69, 9.17) is 0 Å². The zero-order valence-corrected chi connectivity index (χ0v) is 10.7. The molecule has 2 heteroatoms. The minimum atomic E-state index is 0.618. The van der Waals surface area contributed by atoms with Crippen LogP contribution in [0, 0.1) is 5.92 Å². The van der Waals surface area contributed by atoms with Crippen LogP contribution in [0.2, 0.25) is 0 Å². The summed E-state index contributed by atoms with van der Waals surface area (Å²) in [5, 5.41) is 3.60. The SMILES string of the molecule is C=C(C)CN(C)C(C)C(C)CNC1CC1. The molecular formula is C13H26N2. The van der Waals surface area contributed by atoms with E-state index in [0.29, 0.717) is 12.0 Å². The van der Waals surface area contributed by atoms with Gasteiger partial charge in [0.25, 0.3) is 0 Å². The fourth-order valence-electron chi connectivity index (χ4n) is 1.81. The normalized spacial score (nSPS) is 20.3. The largest absolute Gasteiger partial charge is 0.314 e. The van der Waals surface area contributed by atoms with Crippen LogP contribution < -0.4 is 5.32 Å². The van der Waals surface area contributed by atoms with Gasteiger partial charge in [0.1, 0.15) is 0 Å². The molecule has 0 saturated heterocycles. The average Bonchev–Trinajstić information content (AvgIpc) is 2.95. The highest BCUT2D eigenvalue weighted by Crippen LogP contribution is 2.19. The minimum Gasteiger partial charge on any atom is -0.314 e. The molecule has 1 saturated carbocycles. The van der Waals surface area contributed by atoms with Gasteiger partial charge in [-0.2, -0.15) is 0 Å². The monoisotopic (exact) mass is 210 g/mol. The summed E-state index contributed by atoms with van der Waals surface area (Å²) in [5.41, 5.74) is 1.24. The summed E-state index contributed by atoms with van der Waals surface area (Å²) in [4.78, 5) is 2.39. The van der Waals surface area contributed by atoms with E-state index >= 15 is 0 Å². The van der Waals surface area contributed by atoms with Crippen LogP contribution in [0.4, 0.5) is 0 Å². The van der Waals surface area contributed by atoms with E-state index in [2.05, 4.69) is 44.6 Å². The highest BCUT2D eigenvalue weighted by molar-refractivity contribution is 4.93. The average molecular weight is 210 g/mol. The highest BCUT2D eigenvalue weighted by atomic mass is 15.1. The quantitative estimate of drug-likeness (QED) is 0.649. The second-order valence-corrected chi connectivity index (χ2v) is 5.27. The molecule has 0 aromatic rings. The van der Waals surface area contributed by atoms with E-state index in [9.17, 15) is 0 Å². The molecule has 1 N–H and O–H groups in total. The molecule has 0 bridgehead atoms. The van der Waals surface area contributed by atoms with Crippen molar-refractivity contribution in [1.82, 2.24) is 10.2 Å². The van der Waals surface area contributed by atoms with Crippen molar-refractivity contribution in [3.8, 4) is 0 Å². The standard InChI is InChI=1S/C13H26N2/c1-10(2)9-15(5)12(4)11(3)8-14-13-6-7-13/h11-14H,1,6-9H2,2-5H3. The maximum absolute atomic E-state index is 3.96. The predicted molar refractivity (Wildman–Crippen MR) is 67.1 cm³/mol. The predicted octanol–water partition coefficient (Wildman–Crippen LogP) is 2.27. The van der Waals surface area contributed by atoms with E-state index in [1.165, 1.54) is 18.4 Å². The van der Waals surface area contributed by atoms with Gasteiger partial charge in [-0.15, -0.1) is 0 Å². The number of hydrogen-bond donors (Lipinski definition) is 1. The van der Waals surface area contributed by atoms with Crippen LogP contribution in [0.1, 0.15) is 33.6 Å². The highest BCUT2D eigenvalue weighted by Gasteiger charge is 2.23. The maximum Gasteiger partial charge on any atom is 0.0187 e. The lowest BCUT2D eigenvalue weighted by atomic mass is 10.0. The summed E-state index contributed by atoms with van der Waals surface area (Å²) in [7, 11) is 2.19. The summed E-state index contributed by atoms with van der Waals surface area (Å²) >= 11 is 0. The molecule has 1 aliphatic carbocycles. The second kappa shape index (κ2) is 5.66. The van der Waals surface area contributed by atoms with Crippen LogP contribution in [-0.2, 0) is 0 Å². The molecule has 0 radical (unpaired) electrons. The van der Waals surface area contributed by atoms with Gasteiger partial charge in [-0.1, -0.05) is 19.1 Å². The number of rotatable bonds is 7. The van der Waals surface area contributed by atoms with E-state index in [1.807, 2.05) is 0 Å². The zero-order chi connectivity index (χ0) is 11.4. The van der Waals surface area contributed by atoms with Crippen molar-refractivity contribution in [3.63, 3.8) is 0 Å². The Morgan fingerprint density at radius 1 is 1.47 bits per heavy atom. The van der Waals surface area contributed by atoms with Gasteiger partial charge in [0.15, 0.2) is 0 Å². The van der Waals surface area contributed by atoms with Crippen molar-refractivity contribution in [3.05, 3.63) is 12.2 Å². The number of hydrogen-bond acceptors (Lipinski definition) is 2. The van der Waals surface area contributed by atoms with Crippen molar-refractivity contribution in [2.75, 3.05) is 20.1 Å². The third-order valence-corrected chi connectivity index (χ3v) is 3.34. The molecule has 1 aliphatic rings. The van der Waals surface area contributed by atoms with Gasteiger partial charge in [0, 0.05) is 18.6 Å². The third kappa shape index (κ3) is 4.80. The van der Waals surface area contributed by atoms with Crippen LogP contribution in [0.3, 0.4) is 0 Å². The third-order valence-electron chi connectivity index (χ3n) is 3.34. The lowest BCUT2D eigenvalue weighted by Gasteiger charge is -2.30. The van der Waals surface area contributed by atoms with E-state index in [1.54, 1.807) is 0 Å². The Morgan fingerprint density at radius 3 is 2.53 bits per heavy atom. The first-order chi connectivity index (χ1) is 7.00. The minimum absolute atomic E-state index is 0.618. The summed E-state index contributed by atoms with van der Waals surface area (Å²) < 4.78 is 0. The first-order valence-corrected chi connectivity index (χ1v) is 6.08. The van der Waals surface area contributed by atoms with Crippen LogP contribution in [0.5, 0.6) is 0 Å². The van der Waals surface area contributed by atoms with Gasteiger partial charge in [-0.3, -0.25) is 4.90 Å². The summed E-state index contributed by atoms with van der Waals surface area (Å²) in [6.07, 6.45) is 2.76. The molecule has 0 heterocycles. The number of nitrogens with one attached hydrogen (secondary N) is 1. The molecule has 15 heavy (non-hydrogen) atoms. The molecule has 2 atom stereocenters. The zero-order valence-electron chi connectivity index (χ0n) is 10.7. The van der Waals surface area contributed by atoms with Crippen molar-refractivity contribution in [2.24, 2.45) is 5.92 Å². The van der Waals surface area contributed by atoms with Crippen molar-refractivity contribution in [1.29, 1.82) is 0 Å². The first-order valence-electron chi connectivity index (χ1n) is 6.08. The van der Waals surface area contributed by atoms with Gasteiger partial charge in [0.05, 0.1) is 0 Å². The number of likely N-dealkylation sites (N-methyl/N-ethyl adjacent to an activating group) is 1. The molecule has 2 unspecified atom stereocenters. The molecule has 0 aromatic carbocycles. The van der Waals surface area contributed by atoms with Gasteiger partial charge in [-0.05, 0) is 46.2 Å². The summed E-state index contributed by atoms with van der Waals surface area (Å²) in [6.45, 7) is 12.8. The summed E-state index contributed by atoms with van der Waals surface area (Å²) in [5.74, 6) is 0.704. The lowest BCUT2D eigenvalue weighted by molar-refractivity contribution is 0.210. The molecule has 2 nitrogen and oxygen atoms in total. The van der Waals surface area contributed by atoms with E-state index in [0.717, 1.165) is 19.1 Å². The van der Waals surface area contributed by atoms with Crippen LogP contribution in [-0.4, -0.2) is 37.1 Å². The smallest absolute Gasteiger partial charge is 0.0187 e. The van der Waals surface area contributed by atoms with Gasteiger partial charge in [-0.25, -0.2) is 0 Å². The van der Waals surface area contributed by atoms with Gasteiger partial charge < -0.3 is 5.32 Å². The Balaban J connectivity index is 2.22. The number of nitrogens with zero attached hydrogens (tertiary/aromatic N) is 1. The van der Waals surface area contributed by atoms with Gasteiger partial charge >= 0.3 is 0 Å². The lowest BCUT2D eigenvalue weighted by Crippen LogP contribution is -2.40. The molecule has 0 spiro atoms.